The maximum Gasteiger partial charge on any atom is 0.573 e. The van der Waals surface area contributed by atoms with E-state index in [1.54, 1.807) is 12.1 Å². The zero-order chi connectivity index (χ0) is 22.2. The number of alkyl halides is 3. The van der Waals surface area contributed by atoms with E-state index in [4.69, 9.17) is 4.74 Å². The second-order valence-corrected chi connectivity index (χ2v) is 7.90. The van der Waals surface area contributed by atoms with Gasteiger partial charge in [-0.1, -0.05) is 19.1 Å². The quantitative estimate of drug-likeness (QED) is 0.540. The van der Waals surface area contributed by atoms with Gasteiger partial charge >= 0.3 is 6.36 Å². The highest BCUT2D eigenvalue weighted by Crippen LogP contribution is 2.30. The van der Waals surface area contributed by atoms with E-state index in [2.05, 4.69) is 16.6 Å². The van der Waals surface area contributed by atoms with Crippen LogP contribution in [0.2, 0.25) is 0 Å². The first-order chi connectivity index (χ1) is 14.7. The number of ether oxygens (including phenoxy) is 2. The van der Waals surface area contributed by atoms with Gasteiger partial charge < -0.3 is 14.5 Å². The first-order valence-corrected chi connectivity index (χ1v) is 10.1. The number of fused-ring (bicyclic) bond motifs is 1. The molecular weight excluding hydrogens is 407 g/mol. The lowest BCUT2D eigenvalue weighted by Gasteiger charge is -2.22. The molecule has 1 unspecified atom stereocenters. The molecule has 3 aromatic rings. The average molecular weight is 429 g/mol. The Kier molecular flexibility index (Phi) is 5.52. The molecule has 4 rings (SSSR count). The second-order valence-electron chi connectivity index (χ2n) is 7.90. The number of benzene rings is 2. The average Bonchev–Trinajstić information content (AvgIpc) is 2.70. The summed E-state index contributed by atoms with van der Waals surface area (Å²) in [4.78, 5) is 16.6. The van der Waals surface area contributed by atoms with Crippen LogP contribution in [0.5, 0.6) is 17.2 Å². The van der Waals surface area contributed by atoms with Gasteiger partial charge in [-0.2, -0.15) is 0 Å². The third-order valence-electron chi connectivity index (χ3n) is 5.45. The summed E-state index contributed by atoms with van der Waals surface area (Å²) in [6.07, 6.45) is -1.97. The molecule has 0 fully saturated rings. The molecule has 4 nitrogen and oxygen atoms in total. The molecule has 31 heavy (non-hydrogen) atoms. The molecule has 0 radical (unpaired) electrons. The summed E-state index contributed by atoms with van der Waals surface area (Å²) in [5, 5.41) is 0. The molecule has 7 heteroatoms. The van der Waals surface area contributed by atoms with Crippen molar-refractivity contribution in [3.05, 3.63) is 75.7 Å². The van der Waals surface area contributed by atoms with E-state index in [0.717, 1.165) is 41.8 Å². The first-order valence-electron chi connectivity index (χ1n) is 10.1. The van der Waals surface area contributed by atoms with Crippen molar-refractivity contribution in [3.8, 4) is 28.4 Å². The molecule has 0 spiro atoms. The van der Waals surface area contributed by atoms with Gasteiger partial charge in [-0.25, -0.2) is 0 Å². The largest absolute Gasteiger partial charge is 0.573 e. The van der Waals surface area contributed by atoms with Crippen LogP contribution in [0.4, 0.5) is 13.2 Å². The van der Waals surface area contributed by atoms with Crippen molar-refractivity contribution in [2.75, 3.05) is 0 Å². The van der Waals surface area contributed by atoms with Crippen LogP contribution in [0, 0.1) is 12.8 Å². The summed E-state index contributed by atoms with van der Waals surface area (Å²) in [6, 6.07) is 12.3. The maximum absolute atomic E-state index is 13.1. The summed E-state index contributed by atoms with van der Waals surface area (Å²) in [7, 11) is 0. The third kappa shape index (κ3) is 4.76. The molecule has 162 valence electrons. The topological polar surface area (TPSA) is 51.3 Å². The molecule has 1 N–H and O–H groups in total. The van der Waals surface area contributed by atoms with E-state index in [9.17, 15) is 18.0 Å². The first kappa shape index (κ1) is 21.0. The van der Waals surface area contributed by atoms with E-state index >= 15 is 0 Å². The summed E-state index contributed by atoms with van der Waals surface area (Å²) < 4.78 is 46.3. The van der Waals surface area contributed by atoms with Gasteiger partial charge in [-0.3, -0.25) is 4.79 Å². The van der Waals surface area contributed by atoms with Crippen molar-refractivity contribution in [3.63, 3.8) is 0 Å². The van der Waals surface area contributed by atoms with Gasteiger partial charge in [0.05, 0.1) is 0 Å². The summed E-state index contributed by atoms with van der Waals surface area (Å²) in [5.74, 6) is 1.06. The molecule has 1 aromatic heterocycles. The van der Waals surface area contributed by atoms with Gasteiger partial charge in [0, 0.05) is 22.5 Å². The fourth-order valence-corrected chi connectivity index (χ4v) is 3.98. The molecular formula is C24H22F3NO3. The van der Waals surface area contributed by atoms with Crippen LogP contribution in [0.1, 0.15) is 30.3 Å². The summed E-state index contributed by atoms with van der Waals surface area (Å²) in [6.45, 7) is 4.07. The number of nitrogens with one attached hydrogen (secondary N) is 1. The predicted molar refractivity (Wildman–Crippen MR) is 112 cm³/mol. The summed E-state index contributed by atoms with van der Waals surface area (Å²) >= 11 is 0. The van der Waals surface area contributed by atoms with Gasteiger partial charge in [0.2, 0.25) is 0 Å². The Balaban J connectivity index is 1.54. The number of aromatic amines is 1. The number of rotatable bonds is 4. The van der Waals surface area contributed by atoms with Gasteiger partial charge in [0.25, 0.3) is 0 Å². The minimum atomic E-state index is -4.73. The van der Waals surface area contributed by atoms with Crippen molar-refractivity contribution in [2.24, 2.45) is 5.92 Å². The smallest absolute Gasteiger partial charge is 0.457 e. The predicted octanol–water partition coefficient (Wildman–Crippen LogP) is 6.17. The lowest BCUT2D eigenvalue weighted by Crippen LogP contribution is -2.24. The van der Waals surface area contributed by atoms with Crippen molar-refractivity contribution in [1.82, 2.24) is 4.98 Å². The second kappa shape index (κ2) is 8.13. The van der Waals surface area contributed by atoms with Crippen LogP contribution in [0.3, 0.4) is 0 Å². The van der Waals surface area contributed by atoms with Crippen LogP contribution in [-0.4, -0.2) is 11.3 Å². The Morgan fingerprint density at radius 2 is 1.55 bits per heavy atom. The normalized spacial score (nSPS) is 16.0. The van der Waals surface area contributed by atoms with Gasteiger partial charge in [0.15, 0.2) is 5.43 Å². The Bertz CT molecular complexity index is 1130. The van der Waals surface area contributed by atoms with E-state index in [-0.39, 0.29) is 11.2 Å². The number of hydrogen-bond acceptors (Lipinski definition) is 3. The van der Waals surface area contributed by atoms with E-state index in [0.29, 0.717) is 23.0 Å². The van der Waals surface area contributed by atoms with Crippen LogP contribution in [-0.2, 0) is 12.8 Å². The molecule has 1 aliphatic carbocycles. The Morgan fingerprint density at radius 1 is 0.968 bits per heavy atom. The minimum absolute atomic E-state index is 0.0757. The van der Waals surface area contributed by atoms with E-state index in [1.165, 1.54) is 24.3 Å². The van der Waals surface area contributed by atoms with Crippen molar-refractivity contribution < 1.29 is 22.6 Å². The van der Waals surface area contributed by atoms with Crippen molar-refractivity contribution >= 4 is 0 Å². The maximum atomic E-state index is 13.1. The Morgan fingerprint density at radius 3 is 2.16 bits per heavy atom. The highest BCUT2D eigenvalue weighted by atomic mass is 19.4. The highest BCUT2D eigenvalue weighted by Gasteiger charge is 2.31. The van der Waals surface area contributed by atoms with Gasteiger partial charge in [-0.15, -0.1) is 13.2 Å². The van der Waals surface area contributed by atoms with Crippen LogP contribution in [0.25, 0.3) is 11.1 Å². The Labute approximate surface area is 177 Å². The number of aromatic nitrogens is 1. The fraction of sp³-hybridized carbons (Fsp3) is 0.292. The Hall–Kier alpha value is -3.22. The molecule has 0 bridgehead atoms. The number of hydrogen-bond donors (Lipinski definition) is 1. The highest BCUT2D eigenvalue weighted by molar-refractivity contribution is 5.67. The monoisotopic (exact) mass is 429 g/mol. The summed E-state index contributed by atoms with van der Waals surface area (Å²) in [5.41, 5.74) is 4.29. The molecule has 0 saturated carbocycles. The van der Waals surface area contributed by atoms with Gasteiger partial charge in [0.1, 0.15) is 17.2 Å². The molecule has 1 aliphatic rings. The molecule has 1 heterocycles. The van der Waals surface area contributed by atoms with E-state index in [1.807, 2.05) is 19.1 Å². The molecule has 1 atom stereocenters. The number of H-pyrrole nitrogens is 1. The number of aryl methyl sites for hydroxylation is 2. The number of halogens is 3. The molecule has 0 aliphatic heterocycles. The molecule has 0 amide bonds. The van der Waals surface area contributed by atoms with E-state index < -0.39 is 6.36 Å². The fourth-order valence-electron chi connectivity index (χ4n) is 3.98. The third-order valence-corrected chi connectivity index (χ3v) is 5.45. The van der Waals surface area contributed by atoms with Crippen LogP contribution in [0.15, 0.2) is 53.3 Å². The molecule has 0 saturated heterocycles. The van der Waals surface area contributed by atoms with Crippen LogP contribution >= 0.6 is 0 Å². The zero-order valence-electron chi connectivity index (χ0n) is 17.2. The van der Waals surface area contributed by atoms with Gasteiger partial charge in [-0.05, 0) is 74.1 Å². The molecule has 2 aromatic carbocycles. The SMILES string of the molecule is Cc1[nH]c2c(c(=O)c1-c1ccc(Oc3ccc(OC(F)(F)F)cc3)cc1)CC(C)CC2. The van der Waals surface area contributed by atoms with Crippen LogP contribution < -0.4 is 14.9 Å². The lowest BCUT2D eigenvalue weighted by atomic mass is 9.86. The lowest BCUT2D eigenvalue weighted by molar-refractivity contribution is -0.274. The van der Waals surface area contributed by atoms with Crippen molar-refractivity contribution in [2.45, 2.75) is 39.5 Å². The minimum Gasteiger partial charge on any atom is -0.457 e. The zero-order valence-corrected chi connectivity index (χ0v) is 17.2. The standard InChI is InChI=1S/C24H22F3NO3/c1-14-3-12-21-20(13-14)23(29)22(15(2)28-21)16-4-6-17(7-5-16)30-18-8-10-19(11-9-18)31-24(25,26)27/h4-11,14H,3,12-13H2,1-2H3,(H,28,29). The van der Waals surface area contributed by atoms with Crippen molar-refractivity contribution in [1.29, 1.82) is 0 Å². The number of pyridine rings is 1.